The molecule has 1 heterocycles. The molecule has 0 aliphatic carbocycles. The van der Waals surface area contributed by atoms with E-state index in [9.17, 15) is 4.79 Å². The van der Waals surface area contributed by atoms with Crippen molar-refractivity contribution in [3.05, 3.63) is 59.7 Å². The third-order valence-corrected chi connectivity index (χ3v) is 3.75. The van der Waals surface area contributed by atoms with Crippen molar-refractivity contribution < 1.29 is 19.0 Å². The van der Waals surface area contributed by atoms with Gasteiger partial charge in [0, 0.05) is 13.3 Å². The van der Waals surface area contributed by atoms with E-state index in [0.29, 0.717) is 6.42 Å². The standard InChI is InChI=1S/C18H18O4/c1-12(19)21-17-11-14-5-3-4-6-16(14)22-18(17)13-7-9-15(20-2)10-8-13/h3-10,17-18H,11H2,1-2H3/t17-,18-/m1/s1. The molecule has 2 aromatic rings. The van der Waals surface area contributed by atoms with E-state index in [4.69, 9.17) is 14.2 Å². The third-order valence-electron chi connectivity index (χ3n) is 3.75. The van der Waals surface area contributed by atoms with Crippen LogP contribution in [0.3, 0.4) is 0 Å². The topological polar surface area (TPSA) is 44.8 Å². The fourth-order valence-electron chi connectivity index (χ4n) is 2.72. The quantitative estimate of drug-likeness (QED) is 0.816. The highest BCUT2D eigenvalue weighted by Gasteiger charge is 2.33. The van der Waals surface area contributed by atoms with E-state index >= 15 is 0 Å². The van der Waals surface area contributed by atoms with Crippen LogP contribution in [-0.2, 0) is 16.0 Å². The summed E-state index contributed by atoms with van der Waals surface area (Å²) >= 11 is 0. The van der Waals surface area contributed by atoms with Crippen molar-refractivity contribution in [2.75, 3.05) is 7.11 Å². The summed E-state index contributed by atoms with van der Waals surface area (Å²) in [4.78, 5) is 11.4. The predicted octanol–water partition coefficient (Wildman–Crippen LogP) is 3.30. The van der Waals surface area contributed by atoms with Gasteiger partial charge in [-0.25, -0.2) is 0 Å². The zero-order valence-corrected chi connectivity index (χ0v) is 12.6. The molecule has 0 saturated heterocycles. The largest absolute Gasteiger partial charge is 0.497 e. The van der Waals surface area contributed by atoms with Crippen LogP contribution in [-0.4, -0.2) is 19.2 Å². The molecule has 0 amide bonds. The minimum Gasteiger partial charge on any atom is -0.497 e. The molecule has 0 saturated carbocycles. The second-order valence-corrected chi connectivity index (χ2v) is 5.27. The number of carbonyl (C=O) groups excluding carboxylic acids is 1. The highest BCUT2D eigenvalue weighted by molar-refractivity contribution is 5.66. The van der Waals surface area contributed by atoms with Gasteiger partial charge in [-0.3, -0.25) is 4.79 Å². The molecule has 1 aliphatic rings. The number of hydrogen-bond acceptors (Lipinski definition) is 4. The molecule has 0 spiro atoms. The van der Waals surface area contributed by atoms with Gasteiger partial charge in [0.15, 0.2) is 6.10 Å². The van der Waals surface area contributed by atoms with E-state index in [-0.39, 0.29) is 18.2 Å². The third kappa shape index (κ3) is 2.91. The molecule has 114 valence electrons. The Labute approximate surface area is 129 Å². The maximum atomic E-state index is 11.4. The Kier molecular flexibility index (Phi) is 4.00. The summed E-state index contributed by atoms with van der Waals surface area (Å²) in [5.41, 5.74) is 2.01. The zero-order valence-electron chi connectivity index (χ0n) is 12.6. The number of methoxy groups -OCH3 is 1. The number of benzene rings is 2. The Morgan fingerprint density at radius 3 is 2.55 bits per heavy atom. The number of hydrogen-bond donors (Lipinski definition) is 0. The van der Waals surface area contributed by atoms with Crippen LogP contribution in [0.4, 0.5) is 0 Å². The van der Waals surface area contributed by atoms with Gasteiger partial charge < -0.3 is 14.2 Å². The minimum atomic E-state index is -0.333. The summed E-state index contributed by atoms with van der Waals surface area (Å²) in [5, 5.41) is 0. The molecule has 2 atom stereocenters. The second kappa shape index (κ2) is 6.10. The van der Waals surface area contributed by atoms with Gasteiger partial charge in [0.05, 0.1) is 7.11 Å². The zero-order chi connectivity index (χ0) is 15.5. The van der Waals surface area contributed by atoms with Crippen molar-refractivity contribution in [1.82, 2.24) is 0 Å². The van der Waals surface area contributed by atoms with Crippen LogP contribution >= 0.6 is 0 Å². The molecule has 22 heavy (non-hydrogen) atoms. The minimum absolute atomic E-state index is 0.300. The van der Waals surface area contributed by atoms with E-state index in [1.165, 1.54) is 6.92 Å². The normalized spacial score (nSPS) is 19.7. The molecule has 4 nitrogen and oxygen atoms in total. The van der Waals surface area contributed by atoms with E-state index in [1.807, 2.05) is 48.5 Å². The average Bonchev–Trinajstić information content (AvgIpc) is 2.54. The second-order valence-electron chi connectivity index (χ2n) is 5.27. The van der Waals surface area contributed by atoms with Crippen LogP contribution in [0.2, 0.25) is 0 Å². The van der Waals surface area contributed by atoms with Gasteiger partial charge in [0.1, 0.15) is 17.6 Å². The summed E-state index contributed by atoms with van der Waals surface area (Å²) in [5.74, 6) is 1.32. The molecule has 4 heteroatoms. The monoisotopic (exact) mass is 298 g/mol. The van der Waals surface area contributed by atoms with E-state index in [1.54, 1.807) is 7.11 Å². The van der Waals surface area contributed by atoms with Crippen molar-refractivity contribution in [3.63, 3.8) is 0 Å². The summed E-state index contributed by atoms with van der Waals surface area (Å²) in [6, 6.07) is 15.5. The number of esters is 1. The molecule has 0 aromatic heterocycles. The first kappa shape index (κ1) is 14.4. The van der Waals surface area contributed by atoms with Crippen molar-refractivity contribution in [1.29, 1.82) is 0 Å². The summed E-state index contributed by atoms with van der Waals surface area (Å²) < 4.78 is 16.7. The Hall–Kier alpha value is -2.49. The number of fused-ring (bicyclic) bond motifs is 1. The van der Waals surface area contributed by atoms with Crippen LogP contribution < -0.4 is 9.47 Å². The molecular weight excluding hydrogens is 280 g/mol. The molecule has 0 N–H and O–H groups in total. The molecule has 2 aromatic carbocycles. The van der Waals surface area contributed by atoms with E-state index in [2.05, 4.69) is 0 Å². The molecule has 0 radical (unpaired) electrons. The number of ether oxygens (including phenoxy) is 3. The Morgan fingerprint density at radius 2 is 1.86 bits per heavy atom. The lowest BCUT2D eigenvalue weighted by molar-refractivity contribution is -0.152. The maximum Gasteiger partial charge on any atom is 0.303 e. The van der Waals surface area contributed by atoms with Gasteiger partial charge in [-0.1, -0.05) is 30.3 Å². The van der Waals surface area contributed by atoms with E-state index in [0.717, 1.165) is 22.6 Å². The van der Waals surface area contributed by atoms with Crippen molar-refractivity contribution in [2.24, 2.45) is 0 Å². The lowest BCUT2D eigenvalue weighted by Gasteiger charge is -2.33. The van der Waals surface area contributed by atoms with Crippen molar-refractivity contribution in [2.45, 2.75) is 25.6 Å². The van der Waals surface area contributed by atoms with Gasteiger partial charge in [-0.05, 0) is 29.3 Å². The van der Waals surface area contributed by atoms with E-state index < -0.39 is 0 Å². The Bertz CT molecular complexity index is 663. The Balaban J connectivity index is 1.93. The molecule has 3 rings (SSSR count). The molecule has 1 aliphatic heterocycles. The summed E-state index contributed by atoms with van der Waals surface area (Å²) in [6.07, 6.45) is -0.00240. The summed E-state index contributed by atoms with van der Waals surface area (Å²) in [7, 11) is 1.63. The predicted molar refractivity (Wildman–Crippen MR) is 82.1 cm³/mol. The smallest absolute Gasteiger partial charge is 0.303 e. The van der Waals surface area contributed by atoms with Crippen LogP contribution in [0.1, 0.15) is 24.2 Å². The molecular formula is C18H18O4. The molecule has 0 bridgehead atoms. The maximum absolute atomic E-state index is 11.4. The van der Waals surface area contributed by atoms with Crippen LogP contribution in [0.5, 0.6) is 11.5 Å². The van der Waals surface area contributed by atoms with Crippen molar-refractivity contribution >= 4 is 5.97 Å². The number of carbonyl (C=O) groups is 1. The van der Waals surface area contributed by atoms with Gasteiger partial charge in [0.25, 0.3) is 0 Å². The fraction of sp³-hybridized carbons (Fsp3) is 0.278. The highest BCUT2D eigenvalue weighted by Crippen LogP contribution is 2.36. The SMILES string of the molecule is COc1ccc([C@H]2Oc3ccccc3C[C@H]2OC(C)=O)cc1. The Morgan fingerprint density at radius 1 is 1.14 bits per heavy atom. The van der Waals surface area contributed by atoms with Crippen LogP contribution in [0.15, 0.2) is 48.5 Å². The van der Waals surface area contributed by atoms with Crippen molar-refractivity contribution in [3.8, 4) is 11.5 Å². The van der Waals surface area contributed by atoms with Crippen LogP contribution in [0.25, 0.3) is 0 Å². The summed E-state index contributed by atoms with van der Waals surface area (Å²) in [6.45, 7) is 1.42. The first-order valence-corrected chi connectivity index (χ1v) is 7.23. The van der Waals surface area contributed by atoms with Gasteiger partial charge in [-0.15, -0.1) is 0 Å². The van der Waals surface area contributed by atoms with Gasteiger partial charge in [0.2, 0.25) is 0 Å². The number of rotatable bonds is 3. The lowest BCUT2D eigenvalue weighted by Crippen LogP contribution is -2.34. The fourth-order valence-corrected chi connectivity index (χ4v) is 2.72. The van der Waals surface area contributed by atoms with Gasteiger partial charge >= 0.3 is 5.97 Å². The molecule has 0 unspecified atom stereocenters. The average molecular weight is 298 g/mol. The number of para-hydroxylation sites is 1. The molecule has 0 fully saturated rings. The first-order chi connectivity index (χ1) is 10.7. The van der Waals surface area contributed by atoms with Gasteiger partial charge in [-0.2, -0.15) is 0 Å². The van der Waals surface area contributed by atoms with Crippen LogP contribution in [0, 0.1) is 0 Å². The highest BCUT2D eigenvalue weighted by atomic mass is 16.6. The first-order valence-electron chi connectivity index (χ1n) is 7.23. The lowest BCUT2D eigenvalue weighted by atomic mass is 9.94.